The third kappa shape index (κ3) is 1.50. The minimum atomic E-state index is -0.568. The van der Waals surface area contributed by atoms with Crippen molar-refractivity contribution in [3.05, 3.63) is 32.5 Å². The third-order valence-corrected chi connectivity index (χ3v) is 1.68. The highest BCUT2D eigenvalue weighted by Gasteiger charge is 2.00. The minimum Gasteiger partial charge on any atom is -0.204 e. The maximum atomic E-state index is 12.6. The highest BCUT2D eigenvalue weighted by molar-refractivity contribution is 14.1. The summed E-state index contributed by atoms with van der Waals surface area (Å²) in [5, 5.41) is 2.48. The fourth-order valence-corrected chi connectivity index (χ4v) is 1.01. The Hall–Kier alpha value is -0.520. The Labute approximate surface area is 70.6 Å². The van der Waals surface area contributed by atoms with Gasteiger partial charge in [-0.05, 0) is 46.0 Å². The zero-order valence-electron chi connectivity index (χ0n) is 4.84. The molecule has 0 aliphatic rings. The molecule has 0 fully saturated rings. The SMILES string of the molecule is O=Nc1ccc(I)cc1F. The maximum absolute atomic E-state index is 12.6. The number of hydrogen-bond donors (Lipinski definition) is 0. The van der Waals surface area contributed by atoms with E-state index < -0.39 is 5.82 Å². The van der Waals surface area contributed by atoms with Crippen molar-refractivity contribution in [1.82, 2.24) is 0 Å². The van der Waals surface area contributed by atoms with E-state index in [2.05, 4.69) is 5.18 Å². The van der Waals surface area contributed by atoms with E-state index in [9.17, 15) is 9.30 Å². The predicted molar refractivity (Wildman–Crippen MR) is 44.6 cm³/mol. The van der Waals surface area contributed by atoms with Gasteiger partial charge in [0.1, 0.15) is 5.69 Å². The van der Waals surface area contributed by atoms with E-state index in [1.165, 1.54) is 12.1 Å². The summed E-state index contributed by atoms with van der Waals surface area (Å²) in [6, 6.07) is 4.24. The highest BCUT2D eigenvalue weighted by Crippen LogP contribution is 2.18. The summed E-state index contributed by atoms with van der Waals surface area (Å²) >= 11 is 1.95. The molecule has 0 bridgehead atoms. The van der Waals surface area contributed by atoms with Gasteiger partial charge in [0, 0.05) is 3.57 Å². The van der Waals surface area contributed by atoms with Gasteiger partial charge in [-0.25, -0.2) is 4.39 Å². The molecule has 52 valence electrons. The lowest BCUT2D eigenvalue weighted by Gasteiger charge is -1.91. The summed E-state index contributed by atoms with van der Waals surface area (Å²) in [6.07, 6.45) is 0. The molecule has 10 heavy (non-hydrogen) atoms. The molecule has 0 saturated carbocycles. The van der Waals surface area contributed by atoms with E-state index in [1.54, 1.807) is 6.07 Å². The molecule has 2 nitrogen and oxygen atoms in total. The maximum Gasteiger partial charge on any atom is 0.153 e. The van der Waals surface area contributed by atoms with Crippen LogP contribution in [-0.2, 0) is 0 Å². The van der Waals surface area contributed by atoms with Crippen LogP contribution in [0, 0.1) is 14.3 Å². The topological polar surface area (TPSA) is 29.4 Å². The zero-order chi connectivity index (χ0) is 7.56. The van der Waals surface area contributed by atoms with Gasteiger partial charge < -0.3 is 0 Å². The lowest BCUT2D eigenvalue weighted by Crippen LogP contribution is -1.75. The van der Waals surface area contributed by atoms with Gasteiger partial charge in [0.15, 0.2) is 5.82 Å². The van der Waals surface area contributed by atoms with E-state index in [1.807, 2.05) is 22.6 Å². The monoisotopic (exact) mass is 251 g/mol. The predicted octanol–water partition coefficient (Wildman–Crippen LogP) is 2.83. The highest BCUT2D eigenvalue weighted by atomic mass is 127. The quantitative estimate of drug-likeness (QED) is 0.557. The van der Waals surface area contributed by atoms with Crippen LogP contribution >= 0.6 is 22.6 Å². The van der Waals surface area contributed by atoms with Crippen molar-refractivity contribution in [1.29, 1.82) is 0 Å². The Morgan fingerprint density at radius 2 is 2.20 bits per heavy atom. The van der Waals surface area contributed by atoms with Crippen LogP contribution in [-0.4, -0.2) is 0 Å². The molecule has 1 rings (SSSR count). The molecule has 4 heteroatoms. The second kappa shape index (κ2) is 3.05. The Morgan fingerprint density at radius 3 is 2.70 bits per heavy atom. The van der Waals surface area contributed by atoms with Crippen molar-refractivity contribution in [3.8, 4) is 0 Å². The second-order valence-corrected chi connectivity index (χ2v) is 2.93. The first kappa shape index (κ1) is 7.59. The Bertz CT molecular complexity index is 264. The third-order valence-electron chi connectivity index (χ3n) is 1.01. The standard InChI is InChI=1S/C6H3FINO/c7-5-3-4(8)1-2-6(5)9-10/h1-3H. The van der Waals surface area contributed by atoms with Crippen LogP contribution in [0.25, 0.3) is 0 Å². The van der Waals surface area contributed by atoms with Crippen molar-refractivity contribution in [2.75, 3.05) is 0 Å². The lowest BCUT2D eigenvalue weighted by molar-refractivity contribution is 0.629. The van der Waals surface area contributed by atoms with Crippen molar-refractivity contribution in [2.24, 2.45) is 5.18 Å². The molecule has 0 N–H and O–H groups in total. The molecule has 0 spiro atoms. The van der Waals surface area contributed by atoms with Crippen molar-refractivity contribution in [3.63, 3.8) is 0 Å². The normalized spacial score (nSPS) is 9.40. The van der Waals surface area contributed by atoms with Crippen LogP contribution in [0.15, 0.2) is 23.4 Å². The van der Waals surface area contributed by atoms with E-state index in [0.717, 1.165) is 3.57 Å². The van der Waals surface area contributed by atoms with Crippen LogP contribution in [0.5, 0.6) is 0 Å². The van der Waals surface area contributed by atoms with Gasteiger partial charge in [0.05, 0.1) is 0 Å². The number of hydrogen-bond acceptors (Lipinski definition) is 2. The van der Waals surface area contributed by atoms with Gasteiger partial charge >= 0.3 is 0 Å². The molecule has 0 aromatic heterocycles. The summed E-state index contributed by atoms with van der Waals surface area (Å²) in [5.74, 6) is -0.568. The fraction of sp³-hybridized carbons (Fsp3) is 0. The van der Waals surface area contributed by atoms with Gasteiger partial charge in [-0.2, -0.15) is 0 Å². The number of rotatable bonds is 1. The van der Waals surface area contributed by atoms with Gasteiger partial charge in [0.2, 0.25) is 0 Å². The minimum absolute atomic E-state index is 0.139. The molecule has 0 amide bonds. The lowest BCUT2D eigenvalue weighted by atomic mass is 10.3. The number of halogens is 2. The van der Waals surface area contributed by atoms with Crippen LogP contribution < -0.4 is 0 Å². The van der Waals surface area contributed by atoms with E-state index in [4.69, 9.17) is 0 Å². The van der Waals surface area contributed by atoms with Gasteiger partial charge in [-0.15, -0.1) is 4.91 Å². The zero-order valence-corrected chi connectivity index (χ0v) is 7.00. The van der Waals surface area contributed by atoms with Gasteiger partial charge in [-0.1, -0.05) is 0 Å². The summed E-state index contributed by atoms with van der Waals surface area (Å²) in [6.45, 7) is 0. The molecule has 0 radical (unpaired) electrons. The molecule has 0 atom stereocenters. The average molecular weight is 251 g/mol. The largest absolute Gasteiger partial charge is 0.204 e. The molecular weight excluding hydrogens is 248 g/mol. The second-order valence-electron chi connectivity index (χ2n) is 1.69. The van der Waals surface area contributed by atoms with Crippen molar-refractivity contribution < 1.29 is 4.39 Å². The first-order chi connectivity index (χ1) is 4.74. The van der Waals surface area contributed by atoms with E-state index >= 15 is 0 Å². The average Bonchev–Trinajstić information content (AvgIpc) is 1.88. The molecule has 0 saturated heterocycles. The Morgan fingerprint density at radius 1 is 1.50 bits per heavy atom. The van der Waals surface area contributed by atoms with E-state index in [-0.39, 0.29) is 5.69 Å². The summed E-state index contributed by atoms with van der Waals surface area (Å²) in [4.78, 5) is 9.85. The fourth-order valence-electron chi connectivity index (χ4n) is 0.555. The molecular formula is C6H3FINO. The summed E-state index contributed by atoms with van der Waals surface area (Å²) in [7, 11) is 0. The Kier molecular flexibility index (Phi) is 2.31. The van der Waals surface area contributed by atoms with Crippen molar-refractivity contribution in [2.45, 2.75) is 0 Å². The molecule has 1 aromatic carbocycles. The molecule has 0 unspecified atom stereocenters. The van der Waals surface area contributed by atoms with Crippen LogP contribution in [0.2, 0.25) is 0 Å². The molecule has 0 heterocycles. The van der Waals surface area contributed by atoms with Crippen LogP contribution in [0.3, 0.4) is 0 Å². The number of benzene rings is 1. The number of nitrogens with zero attached hydrogens (tertiary/aromatic N) is 1. The first-order valence-electron chi connectivity index (χ1n) is 2.52. The van der Waals surface area contributed by atoms with Crippen LogP contribution in [0.4, 0.5) is 10.1 Å². The summed E-state index contributed by atoms with van der Waals surface area (Å²) in [5.41, 5.74) is -0.139. The van der Waals surface area contributed by atoms with Gasteiger partial charge in [0.25, 0.3) is 0 Å². The first-order valence-corrected chi connectivity index (χ1v) is 3.60. The molecule has 1 aromatic rings. The smallest absolute Gasteiger partial charge is 0.153 e. The van der Waals surface area contributed by atoms with E-state index in [0.29, 0.717) is 0 Å². The van der Waals surface area contributed by atoms with Gasteiger partial charge in [-0.3, -0.25) is 0 Å². The molecule has 0 aliphatic carbocycles. The Balaban J connectivity index is 3.19. The summed E-state index contributed by atoms with van der Waals surface area (Å²) < 4.78 is 13.3. The van der Waals surface area contributed by atoms with Crippen molar-refractivity contribution >= 4 is 28.3 Å². The molecule has 0 aliphatic heterocycles. The van der Waals surface area contributed by atoms with Crippen LogP contribution in [0.1, 0.15) is 0 Å². The number of nitroso groups, excluding NO2 is 1.